The number of rotatable bonds is 4. The molecule has 1 amide bonds. The number of aliphatic hydroxyl groups excluding tert-OH is 1. The summed E-state index contributed by atoms with van der Waals surface area (Å²) in [5.74, 6) is -0.299. The molecule has 0 aliphatic rings. The Labute approximate surface area is 91.0 Å². The Kier molecular flexibility index (Phi) is 4.13. The number of amides is 1. The maximum atomic E-state index is 10.8. The predicted octanol–water partition coefficient (Wildman–Crippen LogP) is 1.74. The van der Waals surface area contributed by atoms with Gasteiger partial charge in [0.15, 0.2) is 0 Å². The third kappa shape index (κ3) is 3.14. The van der Waals surface area contributed by atoms with E-state index in [0.29, 0.717) is 4.34 Å². The van der Waals surface area contributed by atoms with Crippen LogP contribution in [0.15, 0.2) is 24.8 Å². The summed E-state index contributed by atoms with van der Waals surface area (Å²) in [7, 11) is 0. The molecule has 14 heavy (non-hydrogen) atoms. The molecule has 0 saturated heterocycles. The molecular weight excluding hydrogens is 222 g/mol. The molecule has 1 aromatic heterocycles. The van der Waals surface area contributed by atoms with E-state index in [1.807, 2.05) is 0 Å². The summed E-state index contributed by atoms with van der Waals surface area (Å²) >= 11 is 6.99. The highest BCUT2D eigenvalue weighted by Gasteiger charge is 2.10. The Balaban J connectivity index is 2.46. The molecule has 0 aliphatic heterocycles. The SMILES string of the molecule is C=CC(=O)NCC(O)c1ccc(Cl)s1. The van der Waals surface area contributed by atoms with Crippen LogP contribution in [0.2, 0.25) is 4.34 Å². The van der Waals surface area contributed by atoms with Crippen LogP contribution < -0.4 is 5.32 Å². The van der Waals surface area contributed by atoms with Crippen molar-refractivity contribution >= 4 is 28.8 Å². The lowest BCUT2D eigenvalue weighted by Gasteiger charge is -2.08. The van der Waals surface area contributed by atoms with Crippen LogP contribution in [0.4, 0.5) is 0 Å². The van der Waals surface area contributed by atoms with Gasteiger partial charge in [0.1, 0.15) is 6.10 Å². The Morgan fingerprint density at radius 1 is 1.79 bits per heavy atom. The van der Waals surface area contributed by atoms with Crippen molar-refractivity contribution in [2.24, 2.45) is 0 Å². The van der Waals surface area contributed by atoms with E-state index in [2.05, 4.69) is 11.9 Å². The molecule has 0 spiro atoms. The van der Waals surface area contributed by atoms with Gasteiger partial charge in [-0.3, -0.25) is 4.79 Å². The summed E-state index contributed by atoms with van der Waals surface area (Å²) in [6, 6.07) is 3.44. The van der Waals surface area contributed by atoms with E-state index in [4.69, 9.17) is 11.6 Å². The highest BCUT2D eigenvalue weighted by atomic mass is 35.5. The molecule has 1 aromatic rings. The summed E-state index contributed by atoms with van der Waals surface area (Å²) < 4.78 is 0.620. The van der Waals surface area contributed by atoms with E-state index in [0.717, 1.165) is 11.0 Å². The molecule has 0 aliphatic carbocycles. The Bertz CT molecular complexity index is 337. The highest BCUT2D eigenvalue weighted by molar-refractivity contribution is 7.16. The number of thiophene rings is 1. The molecule has 76 valence electrons. The first-order chi connectivity index (χ1) is 6.63. The molecule has 3 nitrogen and oxygen atoms in total. The van der Waals surface area contributed by atoms with Crippen LogP contribution in [-0.4, -0.2) is 17.6 Å². The Hall–Kier alpha value is -0.840. The van der Waals surface area contributed by atoms with Crippen LogP contribution >= 0.6 is 22.9 Å². The second-order valence-electron chi connectivity index (χ2n) is 2.61. The predicted molar refractivity (Wildman–Crippen MR) is 57.5 cm³/mol. The third-order valence-electron chi connectivity index (χ3n) is 1.58. The normalized spacial score (nSPS) is 12.1. The Morgan fingerprint density at radius 3 is 3.00 bits per heavy atom. The van der Waals surface area contributed by atoms with Crippen molar-refractivity contribution < 1.29 is 9.90 Å². The van der Waals surface area contributed by atoms with Crippen molar-refractivity contribution in [2.75, 3.05) is 6.54 Å². The fourth-order valence-corrected chi connectivity index (χ4v) is 1.92. The van der Waals surface area contributed by atoms with Gasteiger partial charge in [-0.15, -0.1) is 11.3 Å². The lowest BCUT2D eigenvalue weighted by molar-refractivity contribution is -0.116. The van der Waals surface area contributed by atoms with Gasteiger partial charge in [-0.1, -0.05) is 18.2 Å². The lowest BCUT2D eigenvalue weighted by atomic mass is 10.3. The van der Waals surface area contributed by atoms with Gasteiger partial charge in [0.2, 0.25) is 5.91 Å². The van der Waals surface area contributed by atoms with Gasteiger partial charge in [-0.2, -0.15) is 0 Å². The van der Waals surface area contributed by atoms with E-state index in [-0.39, 0.29) is 12.5 Å². The molecule has 1 atom stereocenters. The monoisotopic (exact) mass is 231 g/mol. The topological polar surface area (TPSA) is 49.3 Å². The molecule has 0 bridgehead atoms. The second kappa shape index (κ2) is 5.14. The summed E-state index contributed by atoms with van der Waals surface area (Å²) in [5.41, 5.74) is 0. The standard InChI is InChI=1S/C9H10ClNO2S/c1-2-9(13)11-5-6(12)7-3-4-8(10)14-7/h2-4,6,12H,1,5H2,(H,11,13). The number of nitrogens with one attached hydrogen (secondary N) is 1. The number of hydrogen-bond donors (Lipinski definition) is 2. The summed E-state index contributed by atoms with van der Waals surface area (Å²) in [4.78, 5) is 11.5. The zero-order valence-corrected chi connectivity index (χ0v) is 8.94. The first-order valence-electron chi connectivity index (χ1n) is 3.97. The zero-order chi connectivity index (χ0) is 10.6. The highest BCUT2D eigenvalue weighted by Crippen LogP contribution is 2.26. The molecule has 5 heteroatoms. The molecule has 0 radical (unpaired) electrons. The first-order valence-corrected chi connectivity index (χ1v) is 5.16. The van der Waals surface area contributed by atoms with Crippen LogP contribution in [0.25, 0.3) is 0 Å². The molecule has 1 rings (SSSR count). The lowest BCUT2D eigenvalue weighted by Crippen LogP contribution is -2.26. The van der Waals surface area contributed by atoms with Gasteiger partial charge in [0.05, 0.1) is 4.34 Å². The molecule has 0 aromatic carbocycles. The largest absolute Gasteiger partial charge is 0.386 e. The number of carbonyl (C=O) groups is 1. The van der Waals surface area contributed by atoms with Crippen LogP contribution in [0.1, 0.15) is 11.0 Å². The van der Waals surface area contributed by atoms with E-state index in [1.54, 1.807) is 12.1 Å². The van der Waals surface area contributed by atoms with Crippen LogP contribution in [0.3, 0.4) is 0 Å². The molecule has 2 N–H and O–H groups in total. The molecular formula is C9H10ClNO2S. The molecule has 0 saturated carbocycles. The molecule has 1 unspecified atom stereocenters. The van der Waals surface area contributed by atoms with E-state index in [9.17, 15) is 9.90 Å². The van der Waals surface area contributed by atoms with E-state index >= 15 is 0 Å². The number of halogens is 1. The van der Waals surface area contributed by atoms with E-state index < -0.39 is 6.10 Å². The number of carbonyl (C=O) groups excluding carboxylic acids is 1. The van der Waals surface area contributed by atoms with E-state index in [1.165, 1.54) is 11.3 Å². The number of aliphatic hydroxyl groups is 1. The van der Waals surface area contributed by atoms with Crippen molar-refractivity contribution in [3.05, 3.63) is 34.0 Å². The van der Waals surface area contributed by atoms with Gasteiger partial charge in [0, 0.05) is 11.4 Å². The van der Waals surface area contributed by atoms with Crippen molar-refractivity contribution in [3.63, 3.8) is 0 Å². The minimum atomic E-state index is -0.712. The van der Waals surface area contributed by atoms with Crippen LogP contribution in [0.5, 0.6) is 0 Å². The Morgan fingerprint density at radius 2 is 2.50 bits per heavy atom. The fraction of sp³-hybridized carbons (Fsp3) is 0.222. The maximum Gasteiger partial charge on any atom is 0.243 e. The van der Waals surface area contributed by atoms with Gasteiger partial charge in [0.25, 0.3) is 0 Å². The molecule has 0 fully saturated rings. The molecule has 1 heterocycles. The average Bonchev–Trinajstić information content (AvgIpc) is 2.60. The van der Waals surface area contributed by atoms with Crippen LogP contribution in [0, 0.1) is 0 Å². The van der Waals surface area contributed by atoms with Crippen molar-refractivity contribution in [2.45, 2.75) is 6.10 Å². The maximum absolute atomic E-state index is 10.8. The number of hydrogen-bond acceptors (Lipinski definition) is 3. The summed E-state index contributed by atoms with van der Waals surface area (Å²) in [6.45, 7) is 3.47. The minimum absolute atomic E-state index is 0.168. The zero-order valence-electron chi connectivity index (χ0n) is 7.37. The summed E-state index contributed by atoms with van der Waals surface area (Å²) in [6.07, 6.45) is 0.449. The third-order valence-corrected chi connectivity index (χ3v) is 2.91. The van der Waals surface area contributed by atoms with Crippen molar-refractivity contribution in [1.29, 1.82) is 0 Å². The first kappa shape index (κ1) is 11.2. The van der Waals surface area contributed by atoms with Crippen LogP contribution in [-0.2, 0) is 4.79 Å². The quantitative estimate of drug-likeness (QED) is 0.776. The summed E-state index contributed by atoms with van der Waals surface area (Å²) in [5, 5.41) is 12.1. The second-order valence-corrected chi connectivity index (χ2v) is 4.35. The smallest absolute Gasteiger partial charge is 0.243 e. The van der Waals surface area contributed by atoms with Crippen molar-refractivity contribution in [1.82, 2.24) is 5.32 Å². The fourth-order valence-electron chi connectivity index (χ4n) is 0.877. The minimum Gasteiger partial charge on any atom is -0.386 e. The van der Waals surface area contributed by atoms with Gasteiger partial charge < -0.3 is 10.4 Å². The van der Waals surface area contributed by atoms with Crippen molar-refractivity contribution in [3.8, 4) is 0 Å². The van der Waals surface area contributed by atoms with Gasteiger partial charge in [-0.25, -0.2) is 0 Å². The van der Waals surface area contributed by atoms with Gasteiger partial charge in [-0.05, 0) is 18.2 Å². The average molecular weight is 232 g/mol. The van der Waals surface area contributed by atoms with Gasteiger partial charge >= 0.3 is 0 Å².